The van der Waals surface area contributed by atoms with Crippen LogP contribution in [0, 0.1) is 10.1 Å². The number of carbonyl (C=O) groups is 1. The van der Waals surface area contributed by atoms with Gasteiger partial charge in [0.05, 0.1) is 10.4 Å². The lowest BCUT2D eigenvalue weighted by molar-refractivity contribution is -0.384. The number of imidazole rings is 1. The molecule has 1 aromatic heterocycles. The standard InChI is InChI=1S/C24H21N5O4/c1-27(2)19-10-3-16(4-11-19)5-14-23(30)25-18-8-6-17(7-9-18)24-26-21-13-12-20(29(32)33)15-22(21)28(24)31/h3-15,31H,1-2H3,(H,25,30)/b14-5+. The zero-order valence-corrected chi connectivity index (χ0v) is 18.0. The van der Waals surface area contributed by atoms with E-state index >= 15 is 0 Å². The molecule has 0 spiro atoms. The highest BCUT2D eigenvalue weighted by molar-refractivity contribution is 6.02. The average Bonchev–Trinajstić information content (AvgIpc) is 3.14. The molecule has 0 unspecified atom stereocenters. The normalized spacial score (nSPS) is 11.1. The molecule has 0 aliphatic carbocycles. The van der Waals surface area contributed by atoms with E-state index in [1.165, 1.54) is 24.3 Å². The SMILES string of the molecule is CN(C)c1ccc(/C=C/C(=O)Nc2ccc(-c3nc4ccc([N+](=O)[O-])cc4n3O)cc2)cc1. The van der Waals surface area contributed by atoms with E-state index in [4.69, 9.17) is 0 Å². The minimum absolute atomic E-state index is 0.135. The maximum atomic E-state index is 12.3. The zero-order chi connectivity index (χ0) is 23.5. The summed E-state index contributed by atoms with van der Waals surface area (Å²) in [6.07, 6.45) is 3.19. The number of non-ortho nitro benzene ring substituents is 1. The van der Waals surface area contributed by atoms with Crippen molar-refractivity contribution in [2.45, 2.75) is 0 Å². The van der Waals surface area contributed by atoms with Crippen LogP contribution >= 0.6 is 0 Å². The number of anilines is 2. The number of hydrogen-bond donors (Lipinski definition) is 2. The summed E-state index contributed by atoms with van der Waals surface area (Å²) >= 11 is 0. The van der Waals surface area contributed by atoms with E-state index in [2.05, 4.69) is 10.3 Å². The third-order valence-corrected chi connectivity index (χ3v) is 5.07. The topological polar surface area (TPSA) is 114 Å². The molecule has 0 atom stereocenters. The lowest BCUT2D eigenvalue weighted by Crippen LogP contribution is -2.08. The Morgan fingerprint density at radius 3 is 2.42 bits per heavy atom. The number of nitrogens with zero attached hydrogens (tertiary/aromatic N) is 4. The number of carbonyl (C=O) groups excluding carboxylic acids is 1. The summed E-state index contributed by atoms with van der Waals surface area (Å²) in [7, 11) is 3.93. The molecule has 0 aliphatic heterocycles. The molecule has 0 radical (unpaired) electrons. The smallest absolute Gasteiger partial charge is 0.271 e. The summed E-state index contributed by atoms with van der Waals surface area (Å²) in [4.78, 5) is 29.0. The molecule has 1 heterocycles. The predicted molar refractivity (Wildman–Crippen MR) is 127 cm³/mol. The number of nitro groups is 1. The van der Waals surface area contributed by atoms with Crippen LogP contribution in [0.15, 0.2) is 72.8 Å². The predicted octanol–water partition coefficient (Wildman–Crippen LogP) is 4.57. The van der Waals surface area contributed by atoms with E-state index in [0.717, 1.165) is 16.0 Å². The average molecular weight is 443 g/mol. The minimum atomic E-state index is -0.531. The van der Waals surface area contributed by atoms with E-state index < -0.39 is 4.92 Å². The van der Waals surface area contributed by atoms with Crippen LogP contribution in [-0.4, -0.2) is 39.8 Å². The molecular formula is C24H21N5O4. The molecule has 0 bridgehead atoms. The van der Waals surface area contributed by atoms with E-state index in [9.17, 15) is 20.1 Å². The van der Waals surface area contributed by atoms with Gasteiger partial charge < -0.3 is 15.4 Å². The molecule has 3 aromatic carbocycles. The highest BCUT2D eigenvalue weighted by atomic mass is 16.6. The lowest BCUT2D eigenvalue weighted by atomic mass is 10.2. The highest BCUT2D eigenvalue weighted by Gasteiger charge is 2.15. The number of amides is 1. The first-order valence-electron chi connectivity index (χ1n) is 10.0. The molecule has 4 aromatic rings. The van der Waals surface area contributed by atoms with E-state index in [1.807, 2.05) is 43.3 Å². The first-order chi connectivity index (χ1) is 15.8. The van der Waals surface area contributed by atoms with Crippen LogP contribution in [-0.2, 0) is 4.79 Å². The Kier molecular flexibility index (Phi) is 5.77. The van der Waals surface area contributed by atoms with Gasteiger partial charge in [-0.15, -0.1) is 0 Å². The summed E-state index contributed by atoms with van der Waals surface area (Å²) in [5.74, 6) is -0.0365. The van der Waals surface area contributed by atoms with Crippen LogP contribution in [0.5, 0.6) is 0 Å². The third-order valence-electron chi connectivity index (χ3n) is 5.07. The Labute approximate surface area is 189 Å². The molecule has 0 saturated heterocycles. The van der Waals surface area contributed by atoms with Gasteiger partial charge in [-0.25, -0.2) is 4.98 Å². The first kappa shape index (κ1) is 21.6. The molecule has 0 aliphatic rings. The fourth-order valence-corrected chi connectivity index (χ4v) is 3.29. The Morgan fingerprint density at radius 2 is 1.79 bits per heavy atom. The summed E-state index contributed by atoms with van der Waals surface area (Å²) in [5.41, 5.74) is 3.68. The Hall–Kier alpha value is -4.66. The zero-order valence-electron chi connectivity index (χ0n) is 18.0. The van der Waals surface area contributed by atoms with Gasteiger partial charge in [-0.1, -0.05) is 12.1 Å². The number of aromatic nitrogens is 2. The third kappa shape index (κ3) is 4.67. The number of nitro benzene ring substituents is 1. The Morgan fingerprint density at radius 1 is 1.09 bits per heavy atom. The van der Waals surface area contributed by atoms with E-state index in [0.29, 0.717) is 16.8 Å². The minimum Gasteiger partial charge on any atom is -0.426 e. The van der Waals surface area contributed by atoms with Gasteiger partial charge >= 0.3 is 0 Å². The van der Waals surface area contributed by atoms with E-state index in [-0.39, 0.29) is 22.9 Å². The van der Waals surface area contributed by atoms with Crippen molar-refractivity contribution in [2.75, 3.05) is 24.3 Å². The van der Waals surface area contributed by atoms with Crippen molar-refractivity contribution in [3.8, 4) is 11.4 Å². The maximum absolute atomic E-state index is 12.3. The Balaban J connectivity index is 1.46. The summed E-state index contributed by atoms with van der Waals surface area (Å²) in [5, 5.41) is 24.2. The number of fused-ring (bicyclic) bond motifs is 1. The summed E-state index contributed by atoms with van der Waals surface area (Å²) in [6, 6.07) is 18.7. The fraction of sp³-hybridized carbons (Fsp3) is 0.0833. The van der Waals surface area contributed by atoms with Gasteiger partial charge in [-0.2, -0.15) is 4.73 Å². The molecule has 0 saturated carbocycles. The van der Waals surface area contributed by atoms with Crippen LogP contribution in [0.3, 0.4) is 0 Å². The van der Waals surface area contributed by atoms with Crippen molar-refractivity contribution in [1.29, 1.82) is 0 Å². The summed E-state index contributed by atoms with van der Waals surface area (Å²) in [6.45, 7) is 0. The molecular weight excluding hydrogens is 422 g/mol. The van der Waals surface area contributed by atoms with Crippen LogP contribution in [0.4, 0.5) is 17.1 Å². The maximum Gasteiger partial charge on any atom is 0.271 e. The van der Waals surface area contributed by atoms with E-state index in [1.54, 1.807) is 30.3 Å². The van der Waals surface area contributed by atoms with Gasteiger partial charge in [0, 0.05) is 49.2 Å². The van der Waals surface area contributed by atoms with Crippen LogP contribution in [0.2, 0.25) is 0 Å². The fourth-order valence-electron chi connectivity index (χ4n) is 3.29. The second-order valence-corrected chi connectivity index (χ2v) is 7.56. The quantitative estimate of drug-likeness (QED) is 0.195. The van der Waals surface area contributed by atoms with Crippen molar-refractivity contribution >= 4 is 40.1 Å². The molecule has 9 heteroatoms. The summed E-state index contributed by atoms with van der Waals surface area (Å²) < 4.78 is 0.820. The molecule has 1 amide bonds. The van der Waals surface area contributed by atoms with Gasteiger partial charge in [0.2, 0.25) is 5.91 Å². The van der Waals surface area contributed by atoms with Crippen LogP contribution in [0.25, 0.3) is 28.5 Å². The second-order valence-electron chi connectivity index (χ2n) is 7.56. The van der Waals surface area contributed by atoms with Gasteiger partial charge in [0.25, 0.3) is 5.69 Å². The Bertz CT molecular complexity index is 1360. The van der Waals surface area contributed by atoms with Gasteiger partial charge in [-0.05, 0) is 54.1 Å². The highest BCUT2D eigenvalue weighted by Crippen LogP contribution is 2.27. The van der Waals surface area contributed by atoms with Crippen molar-refractivity contribution in [1.82, 2.24) is 9.71 Å². The van der Waals surface area contributed by atoms with Crippen molar-refractivity contribution in [2.24, 2.45) is 0 Å². The van der Waals surface area contributed by atoms with Gasteiger partial charge in [-0.3, -0.25) is 14.9 Å². The second kappa shape index (κ2) is 8.83. The molecule has 166 valence electrons. The number of hydrogen-bond acceptors (Lipinski definition) is 6. The molecule has 0 fully saturated rings. The first-order valence-corrected chi connectivity index (χ1v) is 10.0. The van der Waals surface area contributed by atoms with Crippen LogP contribution < -0.4 is 10.2 Å². The van der Waals surface area contributed by atoms with Gasteiger partial charge in [0.1, 0.15) is 5.52 Å². The van der Waals surface area contributed by atoms with Crippen LogP contribution in [0.1, 0.15) is 5.56 Å². The molecule has 9 nitrogen and oxygen atoms in total. The number of benzene rings is 3. The molecule has 4 rings (SSSR count). The molecule has 33 heavy (non-hydrogen) atoms. The number of rotatable bonds is 6. The molecule has 2 N–H and O–H groups in total. The van der Waals surface area contributed by atoms with Crippen molar-refractivity contribution in [3.05, 3.63) is 88.5 Å². The number of nitrogens with one attached hydrogen (secondary N) is 1. The van der Waals surface area contributed by atoms with Gasteiger partial charge in [0.15, 0.2) is 5.82 Å². The monoisotopic (exact) mass is 443 g/mol. The lowest BCUT2D eigenvalue weighted by Gasteiger charge is -2.11. The van der Waals surface area contributed by atoms with Crippen molar-refractivity contribution < 1.29 is 14.9 Å². The largest absolute Gasteiger partial charge is 0.426 e. The van der Waals surface area contributed by atoms with Crippen molar-refractivity contribution in [3.63, 3.8) is 0 Å².